The molecule has 0 amide bonds. The summed E-state index contributed by atoms with van der Waals surface area (Å²) < 4.78 is 32.4. The number of piperazine rings is 1. The number of aryl methyl sites for hydroxylation is 1. The number of benzene rings is 2. The standard InChI is InChI=1S/C22H26N2O3S/c1-18-2-4-19(5-3-18)9-15-28(25,26)24-12-10-23(11-13-24)17-20-6-7-22-21(16-20)8-14-27-22/h2-7,9,15-16H,8,10-14,17H2,1H3/b15-9+. The van der Waals surface area contributed by atoms with Crippen molar-refractivity contribution in [1.82, 2.24) is 9.21 Å². The molecule has 28 heavy (non-hydrogen) atoms. The number of nitrogens with zero attached hydrogens (tertiary/aromatic N) is 2. The lowest BCUT2D eigenvalue weighted by atomic mass is 10.1. The molecule has 0 aromatic heterocycles. The van der Waals surface area contributed by atoms with Gasteiger partial charge in [-0.1, -0.05) is 42.0 Å². The zero-order chi connectivity index (χ0) is 19.6. The topological polar surface area (TPSA) is 49.9 Å². The first-order valence-electron chi connectivity index (χ1n) is 9.71. The molecule has 2 aromatic carbocycles. The van der Waals surface area contributed by atoms with Crippen molar-refractivity contribution in [3.8, 4) is 5.75 Å². The van der Waals surface area contributed by atoms with E-state index in [-0.39, 0.29) is 0 Å². The molecule has 2 aliphatic heterocycles. The highest BCUT2D eigenvalue weighted by Crippen LogP contribution is 2.26. The fourth-order valence-electron chi connectivity index (χ4n) is 3.67. The maximum absolute atomic E-state index is 12.6. The second kappa shape index (κ2) is 8.07. The first kappa shape index (κ1) is 19.2. The minimum Gasteiger partial charge on any atom is -0.493 e. The molecule has 6 heteroatoms. The van der Waals surface area contributed by atoms with Crippen molar-refractivity contribution in [3.63, 3.8) is 0 Å². The van der Waals surface area contributed by atoms with Crippen molar-refractivity contribution in [2.45, 2.75) is 19.9 Å². The van der Waals surface area contributed by atoms with E-state index in [1.54, 1.807) is 10.4 Å². The minimum atomic E-state index is -3.39. The molecule has 0 saturated carbocycles. The predicted molar refractivity (Wildman–Crippen MR) is 112 cm³/mol. The molecule has 2 aromatic rings. The van der Waals surface area contributed by atoms with Gasteiger partial charge in [0.25, 0.3) is 0 Å². The lowest BCUT2D eigenvalue weighted by molar-refractivity contribution is 0.182. The van der Waals surface area contributed by atoms with Crippen LogP contribution in [0.3, 0.4) is 0 Å². The van der Waals surface area contributed by atoms with Crippen LogP contribution in [0.1, 0.15) is 22.3 Å². The zero-order valence-electron chi connectivity index (χ0n) is 16.2. The third-order valence-electron chi connectivity index (χ3n) is 5.36. The van der Waals surface area contributed by atoms with E-state index in [1.807, 2.05) is 37.3 Å². The fourth-order valence-corrected chi connectivity index (χ4v) is 4.84. The molecular weight excluding hydrogens is 372 g/mol. The maximum atomic E-state index is 12.6. The summed E-state index contributed by atoms with van der Waals surface area (Å²) in [5, 5.41) is 1.33. The van der Waals surface area contributed by atoms with Gasteiger partial charge in [-0.3, -0.25) is 4.90 Å². The third kappa shape index (κ3) is 4.46. The van der Waals surface area contributed by atoms with Crippen molar-refractivity contribution in [2.75, 3.05) is 32.8 Å². The van der Waals surface area contributed by atoms with Gasteiger partial charge in [-0.2, -0.15) is 4.31 Å². The van der Waals surface area contributed by atoms with Crippen LogP contribution in [0.15, 0.2) is 47.9 Å². The van der Waals surface area contributed by atoms with Gasteiger partial charge in [-0.05, 0) is 35.8 Å². The molecule has 1 saturated heterocycles. The van der Waals surface area contributed by atoms with Gasteiger partial charge in [0.2, 0.25) is 10.0 Å². The molecular formula is C22H26N2O3S. The fraction of sp³-hybridized carbons (Fsp3) is 0.364. The Kier molecular flexibility index (Phi) is 5.53. The van der Waals surface area contributed by atoms with Crippen LogP contribution in [0.25, 0.3) is 6.08 Å². The van der Waals surface area contributed by atoms with E-state index in [2.05, 4.69) is 17.0 Å². The van der Waals surface area contributed by atoms with E-state index in [1.165, 1.54) is 16.5 Å². The predicted octanol–water partition coefficient (Wildman–Crippen LogP) is 3.05. The van der Waals surface area contributed by atoms with Gasteiger partial charge in [0.15, 0.2) is 0 Å². The number of rotatable bonds is 5. The van der Waals surface area contributed by atoms with Gasteiger partial charge in [0.1, 0.15) is 5.75 Å². The van der Waals surface area contributed by atoms with Crippen LogP contribution in [0.5, 0.6) is 5.75 Å². The number of fused-ring (bicyclic) bond motifs is 1. The Morgan fingerprint density at radius 1 is 1.04 bits per heavy atom. The molecule has 0 aliphatic carbocycles. The minimum absolute atomic E-state index is 0.522. The molecule has 4 rings (SSSR count). The number of ether oxygens (including phenoxy) is 1. The van der Waals surface area contributed by atoms with E-state index in [4.69, 9.17) is 4.74 Å². The molecule has 0 radical (unpaired) electrons. The Bertz CT molecular complexity index is 960. The Morgan fingerprint density at radius 3 is 2.54 bits per heavy atom. The highest BCUT2D eigenvalue weighted by Gasteiger charge is 2.25. The summed E-state index contributed by atoms with van der Waals surface area (Å²) >= 11 is 0. The Morgan fingerprint density at radius 2 is 1.79 bits per heavy atom. The molecule has 0 N–H and O–H groups in total. The van der Waals surface area contributed by atoms with Gasteiger partial charge in [-0.25, -0.2) is 8.42 Å². The lowest BCUT2D eigenvalue weighted by Crippen LogP contribution is -2.47. The van der Waals surface area contributed by atoms with Crippen LogP contribution in [0.2, 0.25) is 0 Å². The van der Waals surface area contributed by atoms with Crippen LogP contribution < -0.4 is 4.74 Å². The molecule has 5 nitrogen and oxygen atoms in total. The normalized spacial score (nSPS) is 18.3. The van der Waals surface area contributed by atoms with E-state index >= 15 is 0 Å². The van der Waals surface area contributed by atoms with Gasteiger partial charge in [0, 0.05) is 44.6 Å². The first-order chi connectivity index (χ1) is 13.5. The average Bonchev–Trinajstić information content (AvgIpc) is 3.16. The summed E-state index contributed by atoms with van der Waals surface area (Å²) in [5.74, 6) is 1.00. The van der Waals surface area contributed by atoms with Crippen molar-refractivity contribution < 1.29 is 13.2 Å². The number of hydrogen-bond donors (Lipinski definition) is 0. The summed E-state index contributed by atoms with van der Waals surface area (Å²) in [5.41, 5.74) is 4.60. The third-order valence-corrected chi connectivity index (χ3v) is 6.93. The molecule has 0 spiro atoms. The number of hydrogen-bond acceptors (Lipinski definition) is 4. The highest BCUT2D eigenvalue weighted by atomic mass is 32.2. The van der Waals surface area contributed by atoms with Gasteiger partial charge >= 0.3 is 0 Å². The maximum Gasteiger partial charge on any atom is 0.236 e. The number of sulfonamides is 1. The largest absolute Gasteiger partial charge is 0.493 e. The van der Waals surface area contributed by atoms with Crippen molar-refractivity contribution in [3.05, 3.63) is 70.1 Å². The summed E-state index contributed by atoms with van der Waals surface area (Å²) in [4.78, 5) is 2.31. The van der Waals surface area contributed by atoms with Crippen LogP contribution in [-0.2, 0) is 23.0 Å². The van der Waals surface area contributed by atoms with Crippen molar-refractivity contribution in [1.29, 1.82) is 0 Å². The molecule has 148 valence electrons. The summed E-state index contributed by atoms with van der Waals surface area (Å²) in [6, 6.07) is 14.2. The zero-order valence-corrected chi connectivity index (χ0v) is 17.0. The summed E-state index contributed by atoms with van der Waals surface area (Å²) in [6.07, 6.45) is 2.65. The molecule has 2 aliphatic rings. The Balaban J connectivity index is 1.33. The molecule has 0 atom stereocenters. The Hall–Kier alpha value is -2.15. The molecule has 0 bridgehead atoms. The molecule has 0 unspecified atom stereocenters. The Labute approximate surface area is 167 Å². The smallest absolute Gasteiger partial charge is 0.236 e. The molecule has 2 heterocycles. The van der Waals surface area contributed by atoms with Gasteiger partial charge < -0.3 is 4.74 Å². The monoisotopic (exact) mass is 398 g/mol. The van der Waals surface area contributed by atoms with Crippen LogP contribution in [-0.4, -0.2) is 50.4 Å². The van der Waals surface area contributed by atoms with Crippen molar-refractivity contribution in [2.24, 2.45) is 0 Å². The lowest BCUT2D eigenvalue weighted by Gasteiger charge is -2.33. The van der Waals surface area contributed by atoms with Crippen LogP contribution in [0, 0.1) is 6.92 Å². The quantitative estimate of drug-likeness (QED) is 0.777. The second-order valence-corrected chi connectivity index (χ2v) is 9.29. The molecule has 1 fully saturated rings. The second-order valence-electron chi connectivity index (χ2n) is 7.47. The van der Waals surface area contributed by atoms with E-state index in [9.17, 15) is 8.42 Å². The van der Waals surface area contributed by atoms with Crippen molar-refractivity contribution >= 4 is 16.1 Å². The van der Waals surface area contributed by atoms with E-state index in [0.29, 0.717) is 13.1 Å². The van der Waals surface area contributed by atoms with E-state index in [0.717, 1.165) is 49.5 Å². The summed E-state index contributed by atoms with van der Waals surface area (Å²) in [7, 11) is -3.39. The average molecular weight is 399 g/mol. The van der Waals surface area contributed by atoms with E-state index < -0.39 is 10.0 Å². The first-order valence-corrected chi connectivity index (χ1v) is 11.2. The van der Waals surface area contributed by atoms with Gasteiger partial charge in [-0.15, -0.1) is 0 Å². The summed E-state index contributed by atoms with van der Waals surface area (Å²) in [6.45, 7) is 6.16. The SMILES string of the molecule is Cc1ccc(/C=C/S(=O)(=O)N2CCN(Cc3ccc4c(c3)CCO4)CC2)cc1. The highest BCUT2D eigenvalue weighted by molar-refractivity contribution is 7.92. The van der Waals surface area contributed by atoms with Crippen LogP contribution >= 0.6 is 0 Å². The van der Waals surface area contributed by atoms with Crippen LogP contribution in [0.4, 0.5) is 0 Å². The van der Waals surface area contributed by atoms with Gasteiger partial charge in [0.05, 0.1) is 6.61 Å².